The molecule has 1 aliphatic heterocycles. The van der Waals surface area contributed by atoms with Crippen molar-refractivity contribution in [1.29, 1.82) is 0 Å². The Morgan fingerprint density at radius 2 is 1.75 bits per heavy atom. The monoisotopic (exact) mass is 277 g/mol. The molecule has 1 heterocycles. The van der Waals surface area contributed by atoms with Crippen LogP contribution in [0.15, 0.2) is 24.3 Å². The van der Waals surface area contributed by atoms with E-state index in [1.54, 1.807) is 4.90 Å². The quantitative estimate of drug-likeness (QED) is 0.642. The number of carbonyl (C=O) groups excluding carboxylic acids is 2. The van der Waals surface area contributed by atoms with E-state index in [0.29, 0.717) is 13.1 Å². The summed E-state index contributed by atoms with van der Waals surface area (Å²) >= 11 is 0. The number of nitrogens with zero attached hydrogens (tertiary/aromatic N) is 2. The fourth-order valence-electron chi connectivity index (χ4n) is 2.15. The Morgan fingerprint density at radius 1 is 1.15 bits per heavy atom. The predicted molar refractivity (Wildman–Crippen MR) is 76.3 cm³/mol. The van der Waals surface area contributed by atoms with E-state index in [9.17, 15) is 9.59 Å². The van der Waals surface area contributed by atoms with Gasteiger partial charge in [0.2, 0.25) is 0 Å². The molecule has 6 nitrogen and oxygen atoms in total. The molecule has 0 unspecified atom stereocenters. The zero-order valence-electron chi connectivity index (χ0n) is 11.5. The molecule has 1 aromatic rings. The van der Waals surface area contributed by atoms with Crippen LogP contribution >= 0.6 is 0 Å². The molecule has 1 aromatic carbocycles. The summed E-state index contributed by atoms with van der Waals surface area (Å²) in [6, 6.07) is 7.69. The van der Waals surface area contributed by atoms with Crippen molar-refractivity contribution in [3.05, 3.63) is 24.3 Å². The van der Waals surface area contributed by atoms with Gasteiger partial charge >= 0.3 is 5.97 Å². The van der Waals surface area contributed by atoms with E-state index < -0.39 is 5.97 Å². The molecule has 0 saturated carbocycles. The van der Waals surface area contributed by atoms with E-state index in [4.69, 9.17) is 10.5 Å². The Labute approximate surface area is 118 Å². The van der Waals surface area contributed by atoms with Crippen LogP contribution in [0.1, 0.15) is 6.92 Å². The van der Waals surface area contributed by atoms with Crippen molar-refractivity contribution in [2.24, 2.45) is 0 Å². The standard InChI is InChI=1S/C14H19N3O3/c1-11(18)20-10-14(19)17-8-6-16(7-9-17)13-4-2-12(15)3-5-13/h2-5H,6-10,15H2,1H3. The van der Waals surface area contributed by atoms with Crippen LogP contribution in [0, 0.1) is 0 Å². The first-order valence-electron chi connectivity index (χ1n) is 6.58. The number of benzene rings is 1. The molecular formula is C14H19N3O3. The van der Waals surface area contributed by atoms with Crippen molar-refractivity contribution in [3.63, 3.8) is 0 Å². The number of hydrogen-bond acceptors (Lipinski definition) is 5. The van der Waals surface area contributed by atoms with Crippen LogP contribution in [0.5, 0.6) is 0 Å². The van der Waals surface area contributed by atoms with E-state index in [-0.39, 0.29) is 12.5 Å². The number of amides is 1. The third kappa shape index (κ3) is 3.63. The van der Waals surface area contributed by atoms with Gasteiger partial charge in [-0.3, -0.25) is 9.59 Å². The van der Waals surface area contributed by atoms with Crippen LogP contribution in [0.4, 0.5) is 11.4 Å². The zero-order chi connectivity index (χ0) is 14.5. The molecule has 1 saturated heterocycles. The molecule has 6 heteroatoms. The van der Waals surface area contributed by atoms with Gasteiger partial charge in [-0.2, -0.15) is 0 Å². The Morgan fingerprint density at radius 3 is 2.30 bits per heavy atom. The van der Waals surface area contributed by atoms with Gasteiger partial charge < -0.3 is 20.3 Å². The summed E-state index contributed by atoms with van der Waals surface area (Å²) in [6.07, 6.45) is 0. The van der Waals surface area contributed by atoms with E-state index >= 15 is 0 Å². The average Bonchev–Trinajstić information content (AvgIpc) is 2.46. The van der Waals surface area contributed by atoms with E-state index in [0.717, 1.165) is 24.5 Å². The fourth-order valence-corrected chi connectivity index (χ4v) is 2.15. The second-order valence-corrected chi connectivity index (χ2v) is 4.74. The van der Waals surface area contributed by atoms with Gasteiger partial charge in [-0.05, 0) is 24.3 Å². The van der Waals surface area contributed by atoms with Gasteiger partial charge in [-0.15, -0.1) is 0 Å². The number of nitrogen functional groups attached to an aromatic ring is 1. The summed E-state index contributed by atoms with van der Waals surface area (Å²) < 4.78 is 4.72. The first kappa shape index (κ1) is 14.2. The van der Waals surface area contributed by atoms with Crippen LogP contribution in [0.2, 0.25) is 0 Å². The van der Waals surface area contributed by atoms with Crippen LogP contribution < -0.4 is 10.6 Å². The zero-order valence-corrected chi connectivity index (χ0v) is 11.5. The summed E-state index contributed by atoms with van der Waals surface area (Å²) in [4.78, 5) is 26.4. The smallest absolute Gasteiger partial charge is 0.303 e. The fraction of sp³-hybridized carbons (Fsp3) is 0.429. The molecule has 0 atom stereocenters. The van der Waals surface area contributed by atoms with Gasteiger partial charge in [0, 0.05) is 44.5 Å². The van der Waals surface area contributed by atoms with Crippen LogP contribution in [-0.4, -0.2) is 49.6 Å². The van der Waals surface area contributed by atoms with Gasteiger partial charge in [0.15, 0.2) is 6.61 Å². The van der Waals surface area contributed by atoms with E-state index in [2.05, 4.69) is 4.90 Å². The lowest BCUT2D eigenvalue weighted by atomic mass is 10.2. The third-order valence-electron chi connectivity index (χ3n) is 3.29. The van der Waals surface area contributed by atoms with E-state index in [1.165, 1.54) is 6.92 Å². The number of anilines is 2. The van der Waals surface area contributed by atoms with Crippen LogP contribution in [0.3, 0.4) is 0 Å². The average molecular weight is 277 g/mol. The van der Waals surface area contributed by atoms with Crippen LogP contribution in [-0.2, 0) is 14.3 Å². The second kappa shape index (κ2) is 6.27. The molecule has 1 fully saturated rings. The van der Waals surface area contributed by atoms with E-state index in [1.807, 2.05) is 24.3 Å². The van der Waals surface area contributed by atoms with Gasteiger partial charge in [-0.25, -0.2) is 0 Å². The molecule has 0 aromatic heterocycles. The Kier molecular flexibility index (Phi) is 4.45. The Hall–Kier alpha value is -2.24. The molecule has 108 valence electrons. The largest absolute Gasteiger partial charge is 0.456 e. The minimum absolute atomic E-state index is 0.142. The third-order valence-corrected chi connectivity index (χ3v) is 3.29. The molecule has 1 aliphatic rings. The maximum absolute atomic E-state index is 11.8. The number of carbonyl (C=O) groups is 2. The maximum atomic E-state index is 11.8. The highest BCUT2D eigenvalue weighted by atomic mass is 16.5. The summed E-state index contributed by atoms with van der Waals surface area (Å²) in [5, 5.41) is 0. The minimum atomic E-state index is -0.432. The van der Waals surface area contributed by atoms with Gasteiger partial charge in [0.05, 0.1) is 0 Å². The topological polar surface area (TPSA) is 75.9 Å². The molecule has 0 radical (unpaired) electrons. The summed E-state index contributed by atoms with van der Waals surface area (Å²) in [7, 11) is 0. The molecule has 1 amide bonds. The number of nitrogens with two attached hydrogens (primary N) is 1. The normalized spacial score (nSPS) is 15.1. The second-order valence-electron chi connectivity index (χ2n) is 4.74. The van der Waals surface area contributed by atoms with Gasteiger partial charge in [0.1, 0.15) is 0 Å². The van der Waals surface area contributed by atoms with Crippen molar-refractivity contribution in [3.8, 4) is 0 Å². The first-order valence-corrected chi connectivity index (χ1v) is 6.58. The van der Waals surface area contributed by atoms with Crippen LogP contribution in [0.25, 0.3) is 0 Å². The summed E-state index contributed by atoms with van der Waals surface area (Å²) in [5.41, 5.74) is 7.51. The first-order chi connectivity index (χ1) is 9.56. The molecule has 0 bridgehead atoms. The molecule has 0 aliphatic carbocycles. The molecule has 2 rings (SSSR count). The van der Waals surface area contributed by atoms with Crippen molar-refractivity contribution in [2.75, 3.05) is 43.4 Å². The highest BCUT2D eigenvalue weighted by Gasteiger charge is 2.21. The minimum Gasteiger partial charge on any atom is -0.456 e. The highest BCUT2D eigenvalue weighted by Crippen LogP contribution is 2.18. The number of rotatable bonds is 3. The number of hydrogen-bond donors (Lipinski definition) is 1. The van der Waals surface area contributed by atoms with Crippen molar-refractivity contribution < 1.29 is 14.3 Å². The summed E-state index contributed by atoms with van der Waals surface area (Å²) in [5.74, 6) is -0.573. The lowest BCUT2D eigenvalue weighted by molar-refractivity contribution is -0.150. The lowest BCUT2D eigenvalue weighted by Crippen LogP contribution is -2.49. The SMILES string of the molecule is CC(=O)OCC(=O)N1CCN(c2ccc(N)cc2)CC1. The number of ether oxygens (including phenoxy) is 1. The Balaban J connectivity index is 1.84. The number of esters is 1. The molecule has 2 N–H and O–H groups in total. The molecule has 0 spiro atoms. The van der Waals surface area contributed by atoms with Gasteiger partial charge in [0.25, 0.3) is 5.91 Å². The number of piperazine rings is 1. The molecule has 20 heavy (non-hydrogen) atoms. The highest BCUT2D eigenvalue weighted by molar-refractivity contribution is 5.80. The lowest BCUT2D eigenvalue weighted by Gasteiger charge is -2.36. The summed E-state index contributed by atoms with van der Waals surface area (Å²) in [6.45, 7) is 3.91. The van der Waals surface area contributed by atoms with Crippen molar-refractivity contribution in [1.82, 2.24) is 4.90 Å². The predicted octanol–water partition coefficient (Wildman–Crippen LogP) is 0.480. The molecular weight excluding hydrogens is 258 g/mol. The van der Waals surface area contributed by atoms with Crippen molar-refractivity contribution in [2.45, 2.75) is 6.92 Å². The maximum Gasteiger partial charge on any atom is 0.303 e. The van der Waals surface area contributed by atoms with Crippen molar-refractivity contribution >= 4 is 23.3 Å². The van der Waals surface area contributed by atoms with Gasteiger partial charge in [-0.1, -0.05) is 0 Å². The Bertz CT molecular complexity index is 479.